The molecule has 3 aromatic rings. The van der Waals surface area contributed by atoms with Crippen molar-refractivity contribution in [1.82, 2.24) is 14.4 Å². The van der Waals surface area contributed by atoms with Crippen LogP contribution in [0.4, 0.5) is 0 Å². The highest BCUT2D eigenvalue weighted by molar-refractivity contribution is 6.31. The highest BCUT2D eigenvalue weighted by Gasteiger charge is 2.49. The van der Waals surface area contributed by atoms with Gasteiger partial charge in [-0.15, -0.1) is 0 Å². The maximum Gasteiger partial charge on any atom is 0.305 e. The van der Waals surface area contributed by atoms with Crippen LogP contribution in [0.25, 0.3) is 10.9 Å². The molecule has 0 unspecified atom stereocenters. The summed E-state index contributed by atoms with van der Waals surface area (Å²) >= 11 is 12.6. The van der Waals surface area contributed by atoms with Crippen molar-refractivity contribution in [2.45, 2.75) is 63.6 Å². The Balaban J connectivity index is 1.37. The number of carbonyl (C=O) groups is 2. The quantitative estimate of drug-likeness (QED) is 0.293. The number of fused-ring (bicyclic) bond motifs is 1. The van der Waals surface area contributed by atoms with Crippen LogP contribution in [0.1, 0.15) is 61.0 Å². The molecule has 3 fully saturated rings. The Kier molecular flexibility index (Phi) is 8.11. The molecule has 212 valence electrons. The lowest BCUT2D eigenvalue weighted by atomic mass is 9.69. The van der Waals surface area contributed by atoms with Crippen LogP contribution in [0.5, 0.6) is 0 Å². The molecule has 4 heterocycles. The van der Waals surface area contributed by atoms with Crippen molar-refractivity contribution < 1.29 is 14.3 Å². The van der Waals surface area contributed by atoms with Crippen LogP contribution in [-0.4, -0.2) is 65.1 Å². The van der Waals surface area contributed by atoms with Gasteiger partial charge in [0.1, 0.15) is 5.69 Å². The smallest absolute Gasteiger partial charge is 0.305 e. The van der Waals surface area contributed by atoms with Crippen molar-refractivity contribution in [3.63, 3.8) is 0 Å². The van der Waals surface area contributed by atoms with E-state index < -0.39 is 0 Å². The number of carbonyl (C=O) groups excluding carboxylic acids is 2. The highest BCUT2D eigenvalue weighted by Crippen LogP contribution is 2.44. The second-order valence-electron chi connectivity index (χ2n) is 11.7. The van der Waals surface area contributed by atoms with Gasteiger partial charge in [0.05, 0.1) is 12.6 Å². The number of benzene rings is 2. The largest absolute Gasteiger partial charge is 0.469 e. The minimum Gasteiger partial charge on any atom is -0.469 e. The van der Waals surface area contributed by atoms with Gasteiger partial charge in [0, 0.05) is 47.0 Å². The standard InChI is InChI=1S/C32H37Cl2N3O3/c1-40-30(38)8-2-7-27-26-6-4-16-35-15-3-5-23(31(26)35)20-37(27)32(39)29-17-22-11-14-25(34)18-28(22)36(29)19-21-9-12-24(33)13-10-21/h9-14,17-18,23,26-27,31H,2-8,15-16,19-20H2,1H3/t23-,26+,27+,31-/m0/s1. The first kappa shape index (κ1) is 27.6. The molecule has 40 heavy (non-hydrogen) atoms. The highest BCUT2D eigenvalue weighted by atomic mass is 35.5. The van der Waals surface area contributed by atoms with Crippen LogP contribution in [-0.2, 0) is 16.1 Å². The van der Waals surface area contributed by atoms with Crippen molar-refractivity contribution in [3.05, 3.63) is 69.8 Å². The Morgan fingerprint density at radius 1 is 0.975 bits per heavy atom. The first-order chi connectivity index (χ1) is 19.4. The molecule has 0 bridgehead atoms. The minimum atomic E-state index is -0.186. The molecule has 1 aromatic heterocycles. The van der Waals surface area contributed by atoms with Crippen LogP contribution in [0.3, 0.4) is 0 Å². The van der Waals surface area contributed by atoms with Gasteiger partial charge < -0.3 is 14.2 Å². The van der Waals surface area contributed by atoms with Crippen molar-refractivity contribution in [3.8, 4) is 0 Å². The number of aromatic nitrogens is 1. The van der Waals surface area contributed by atoms with Crippen molar-refractivity contribution in [2.75, 3.05) is 26.7 Å². The third-order valence-electron chi connectivity index (χ3n) is 9.38. The van der Waals surface area contributed by atoms with Gasteiger partial charge in [-0.05, 0) is 99.3 Å². The summed E-state index contributed by atoms with van der Waals surface area (Å²) < 4.78 is 7.03. The molecular weight excluding hydrogens is 545 g/mol. The van der Waals surface area contributed by atoms with Crippen LogP contribution in [0.2, 0.25) is 10.0 Å². The number of hydrogen-bond donors (Lipinski definition) is 0. The number of piperidine rings is 3. The van der Waals surface area contributed by atoms with E-state index in [-0.39, 0.29) is 17.9 Å². The van der Waals surface area contributed by atoms with E-state index in [2.05, 4.69) is 14.4 Å². The lowest BCUT2D eigenvalue weighted by Crippen LogP contribution is -2.65. The van der Waals surface area contributed by atoms with Gasteiger partial charge in [-0.2, -0.15) is 0 Å². The molecule has 1 amide bonds. The van der Waals surface area contributed by atoms with Crippen LogP contribution in [0, 0.1) is 11.8 Å². The van der Waals surface area contributed by atoms with Gasteiger partial charge in [-0.3, -0.25) is 14.5 Å². The fourth-order valence-electron chi connectivity index (χ4n) is 7.65. The minimum absolute atomic E-state index is 0.0745. The Labute approximate surface area is 246 Å². The number of methoxy groups -OCH3 is 1. The van der Waals surface area contributed by atoms with E-state index in [0.29, 0.717) is 46.6 Å². The topological polar surface area (TPSA) is 54.8 Å². The van der Waals surface area contributed by atoms with E-state index in [1.165, 1.54) is 26.4 Å². The predicted molar refractivity (Wildman–Crippen MR) is 159 cm³/mol. The van der Waals surface area contributed by atoms with Gasteiger partial charge >= 0.3 is 5.97 Å². The van der Waals surface area contributed by atoms with E-state index >= 15 is 0 Å². The van der Waals surface area contributed by atoms with E-state index in [4.69, 9.17) is 27.9 Å². The third kappa shape index (κ3) is 5.38. The van der Waals surface area contributed by atoms with Gasteiger partial charge in [0.15, 0.2) is 0 Å². The van der Waals surface area contributed by atoms with Crippen LogP contribution in [0.15, 0.2) is 48.5 Å². The fraction of sp³-hybridized carbons (Fsp3) is 0.500. The monoisotopic (exact) mass is 581 g/mol. The van der Waals surface area contributed by atoms with Crippen molar-refractivity contribution >= 4 is 46.0 Å². The molecular formula is C32H37Cl2N3O3. The Morgan fingerprint density at radius 3 is 2.50 bits per heavy atom. The summed E-state index contributed by atoms with van der Waals surface area (Å²) in [5, 5.41) is 2.33. The summed E-state index contributed by atoms with van der Waals surface area (Å²) in [4.78, 5) is 31.5. The number of halogens is 2. The summed E-state index contributed by atoms with van der Waals surface area (Å²) in [6.07, 6.45) is 6.57. The molecule has 0 saturated carbocycles. The number of likely N-dealkylation sites (tertiary alicyclic amines) is 1. The van der Waals surface area contributed by atoms with Crippen molar-refractivity contribution in [2.24, 2.45) is 11.8 Å². The number of nitrogens with zero attached hydrogens (tertiary/aromatic N) is 3. The second kappa shape index (κ2) is 11.8. The molecule has 8 heteroatoms. The maximum absolute atomic E-state index is 14.7. The molecule has 6 nitrogen and oxygen atoms in total. The summed E-state index contributed by atoms with van der Waals surface area (Å²) in [6, 6.07) is 16.3. The molecule has 4 atom stereocenters. The molecule has 0 radical (unpaired) electrons. The average molecular weight is 583 g/mol. The SMILES string of the molecule is COC(=O)CCC[C@@H]1[C@H]2CCCN3CCC[C@@H](CN1C(=O)c1cc4ccc(Cl)cc4n1Cc1ccc(Cl)cc1)[C@@H]23. The summed E-state index contributed by atoms with van der Waals surface area (Å²) in [5.74, 6) is 0.807. The molecule has 2 aromatic carbocycles. The number of ether oxygens (including phenoxy) is 1. The van der Waals surface area contributed by atoms with Crippen molar-refractivity contribution in [1.29, 1.82) is 0 Å². The first-order valence-electron chi connectivity index (χ1n) is 14.6. The van der Waals surface area contributed by atoms with Gasteiger partial charge in [-0.1, -0.05) is 41.4 Å². The summed E-state index contributed by atoms with van der Waals surface area (Å²) in [6.45, 7) is 3.64. The molecule has 3 aliphatic rings. The zero-order chi connectivity index (χ0) is 27.8. The van der Waals surface area contributed by atoms with E-state index in [0.717, 1.165) is 55.4 Å². The zero-order valence-electron chi connectivity index (χ0n) is 23.0. The molecule has 6 rings (SSSR count). The van der Waals surface area contributed by atoms with E-state index in [1.54, 1.807) is 0 Å². The third-order valence-corrected chi connectivity index (χ3v) is 9.87. The predicted octanol–water partition coefficient (Wildman–Crippen LogP) is 6.65. The normalized spacial score (nSPS) is 24.6. The first-order valence-corrected chi connectivity index (χ1v) is 15.3. The van der Waals surface area contributed by atoms with Crippen LogP contribution < -0.4 is 0 Å². The lowest BCUT2D eigenvalue weighted by molar-refractivity contribution is -0.140. The molecule has 3 saturated heterocycles. The number of rotatable bonds is 7. The van der Waals surface area contributed by atoms with Gasteiger partial charge in [0.2, 0.25) is 0 Å². The molecule has 0 aliphatic carbocycles. The Hall–Kier alpha value is -2.54. The summed E-state index contributed by atoms with van der Waals surface area (Å²) in [5.41, 5.74) is 2.70. The van der Waals surface area contributed by atoms with Gasteiger partial charge in [-0.25, -0.2) is 0 Å². The lowest BCUT2D eigenvalue weighted by Gasteiger charge is -2.57. The zero-order valence-corrected chi connectivity index (χ0v) is 24.5. The molecule has 0 spiro atoms. The Bertz CT molecular complexity index is 1390. The van der Waals surface area contributed by atoms with Crippen LogP contribution >= 0.6 is 23.2 Å². The summed E-state index contributed by atoms with van der Waals surface area (Å²) in [7, 11) is 1.44. The molecule has 0 N–H and O–H groups in total. The molecule has 3 aliphatic heterocycles. The van der Waals surface area contributed by atoms with Gasteiger partial charge in [0.25, 0.3) is 5.91 Å². The number of hydrogen-bond acceptors (Lipinski definition) is 4. The second-order valence-corrected chi connectivity index (χ2v) is 12.5. The average Bonchev–Trinajstić information content (AvgIpc) is 3.32. The number of amides is 1. The van der Waals surface area contributed by atoms with E-state index in [1.807, 2.05) is 48.5 Å². The Morgan fingerprint density at radius 2 is 1.73 bits per heavy atom. The fourth-order valence-corrected chi connectivity index (χ4v) is 7.94. The number of esters is 1. The van der Waals surface area contributed by atoms with E-state index in [9.17, 15) is 9.59 Å². The maximum atomic E-state index is 14.7.